The number of carbonyl (C=O) groups excluding carboxylic acids is 1. The first-order chi connectivity index (χ1) is 12.4. The second-order valence-corrected chi connectivity index (χ2v) is 9.34. The van der Waals surface area contributed by atoms with Gasteiger partial charge in [-0.05, 0) is 81.4 Å². The molecule has 0 radical (unpaired) electrons. The first kappa shape index (κ1) is 13.5. The van der Waals surface area contributed by atoms with Gasteiger partial charge in [0.05, 0.1) is 6.10 Å². The van der Waals surface area contributed by atoms with Gasteiger partial charge in [0.25, 0.3) is 0 Å². The summed E-state index contributed by atoms with van der Waals surface area (Å²) in [6.45, 7) is 1.53. The van der Waals surface area contributed by atoms with Gasteiger partial charge >= 0.3 is 0 Å². The highest BCUT2D eigenvalue weighted by Crippen LogP contribution is 2.67. The van der Waals surface area contributed by atoms with E-state index in [2.05, 4.69) is 13.0 Å². The van der Waals surface area contributed by atoms with E-state index in [0.717, 1.165) is 38.5 Å². The van der Waals surface area contributed by atoms with Crippen molar-refractivity contribution < 1.29 is 19.1 Å². The van der Waals surface area contributed by atoms with E-state index >= 15 is 0 Å². The number of hydrogen-bond donors (Lipinski definition) is 2. The summed E-state index contributed by atoms with van der Waals surface area (Å²) in [5, 5.41) is 21.4. The van der Waals surface area contributed by atoms with Gasteiger partial charge in [0.1, 0.15) is 5.60 Å². The summed E-state index contributed by atoms with van der Waals surface area (Å²) in [4.78, 5) is 12.7. The van der Waals surface area contributed by atoms with Crippen molar-refractivity contribution in [3.63, 3.8) is 0 Å². The van der Waals surface area contributed by atoms with E-state index in [0.29, 0.717) is 18.3 Å². The minimum absolute atomic E-state index is 0.0955. The van der Waals surface area contributed by atoms with Gasteiger partial charge in [0.2, 0.25) is 0 Å². The molecule has 4 rings (SSSR count). The number of aliphatic hydroxyl groups excluding tert-OH is 1. The molecule has 0 heterocycles. The average Bonchev–Trinajstić information content (AvgIpc) is 2.86. The summed E-state index contributed by atoms with van der Waals surface area (Å²) >= 11 is 0. The highest BCUT2D eigenvalue weighted by atomic mass is 16.3. The monoisotopic (exact) mass is 335 g/mol. The minimum Gasteiger partial charge on any atom is -0.393 e. The molecule has 24 heavy (non-hydrogen) atoms. The highest BCUT2D eigenvalue weighted by molar-refractivity contribution is 5.86. The molecule has 0 aliphatic heterocycles. The maximum absolute atomic E-state index is 12.7. The minimum atomic E-state index is -2.76. The van der Waals surface area contributed by atoms with Gasteiger partial charge in [-0.15, -0.1) is 0 Å². The highest BCUT2D eigenvalue weighted by Gasteiger charge is 2.65. The molecule has 3 heteroatoms. The molecule has 0 unspecified atom stereocenters. The quantitative estimate of drug-likeness (QED) is 0.720. The number of aliphatic hydroxyl groups is 2. The maximum atomic E-state index is 12.7. The van der Waals surface area contributed by atoms with Crippen molar-refractivity contribution in [1.29, 1.82) is 0 Å². The van der Waals surface area contributed by atoms with E-state index in [4.69, 9.17) is 4.11 Å². The molecule has 2 N–H and O–H groups in total. The molecule has 4 aliphatic rings. The predicted octanol–water partition coefficient (Wildman–Crippen LogP) is 3.63. The standard InChI is InChI=1S/C21H32O3/c1-13(22)21(24)11-8-18-16-5-4-14-12-15(23)6-9-19(14,2)17(16)7-10-20(18,21)3/h4,15-18,23-24H,5-12H2,1-3H3/t15-,16+,17-,18-,19-,20-,21-/m0/s1/i1D3. The Morgan fingerprint density at radius 2 is 1.96 bits per heavy atom. The SMILES string of the molecule is [2H]C([2H])([2H])C(=O)[C@@]1(O)CC[C@H]2[C@@H]3CC=C4C[C@@H](O)CC[C@]4(C)[C@H]3CC[C@@]21C. The summed E-state index contributed by atoms with van der Waals surface area (Å²) in [6.07, 6.45) is 8.17. The third-order valence-electron chi connectivity index (χ3n) is 8.61. The molecule has 0 spiro atoms. The lowest BCUT2D eigenvalue weighted by atomic mass is 9.47. The zero-order valence-electron chi connectivity index (χ0n) is 17.8. The van der Waals surface area contributed by atoms with Gasteiger partial charge in [-0.3, -0.25) is 4.79 Å². The summed E-state index contributed by atoms with van der Waals surface area (Å²) in [5.41, 5.74) is -0.909. The van der Waals surface area contributed by atoms with Crippen molar-refractivity contribution in [2.75, 3.05) is 0 Å². The van der Waals surface area contributed by atoms with Crippen LogP contribution in [0.2, 0.25) is 0 Å². The van der Waals surface area contributed by atoms with E-state index in [9.17, 15) is 15.0 Å². The topological polar surface area (TPSA) is 57.5 Å². The Hall–Kier alpha value is -0.670. The molecule has 3 fully saturated rings. The number of allylic oxidation sites excluding steroid dienone is 1. The second-order valence-electron chi connectivity index (χ2n) is 9.34. The van der Waals surface area contributed by atoms with E-state index in [-0.39, 0.29) is 23.9 Å². The van der Waals surface area contributed by atoms with Crippen LogP contribution >= 0.6 is 0 Å². The van der Waals surface area contributed by atoms with Crippen LogP contribution in [0.15, 0.2) is 11.6 Å². The van der Waals surface area contributed by atoms with E-state index in [1.165, 1.54) is 5.57 Å². The number of ketones is 1. The Labute approximate surface area is 149 Å². The van der Waals surface area contributed by atoms with Gasteiger partial charge in [-0.2, -0.15) is 0 Å². The fourth-order valence-corrected chi connectivity index (χ4v) is 7.03. The fourth-order valence-electron chi connectivity index (χ4n) is 7.03. The normalized spacial score (nSPS) is 56.0. The lowest BCUT2D eigenvalue weighted by Gasteiger charge is -2.58. The largest absolute Gasteiger partial charge is 0.393 e. The third-order valence-corrected chi connectivity index (χ3v) is 8.61. The summed E-state index contributed by atoms with van der Waals surface area (Å²) in [6, 6.07) is 0. The zero-order valence-corrected chi connectivity index (χ0v) is 14.8. The molecule has 0 aromatic carbocycles. The Balaban J connectivity index is 1.68. The molecular weight excluding hydrogens is 300 g/mol. The van der Waals surface area contributed by atoms with Crippen molar-refractivity contribution >= 4 is 5.78 Å². The third kappa shape index (κ3) is 1.94. The first-order valence-electron chi connectivity index (χ1n) is 11.1. The zero-order chi connectivity index (χ0) is 19.8. The number of rotatable bonds is 1. The molecule has 134 valence electrons. The molecule has 3 nitrogen and oxygen atoms in total. The summed E-state index contributed by atoms with van der Waals surface area (Å²) < 4.78 is 22.7. The molecule has 0 saturated heterocycles. The molecule has 0 aromatic rings. The number of hydrogen-bond acceptors (Lipinski definition) is 3. The number of carbonyl (C=O) groups is 1. The predicted molar refractivity (Wildman–Crippen MR) is 93.3 cm³/mol. The Kier molecular flexibility index (Phi) is 2.91. The average molecular weight is 336 g/mol. The number of fused-ring (bicyclic) bond motifs is 5. The molecule has 3 saturated carbocycles. The summed E-state index contributed by atoms with van der Waals surface area (Å²) in [7, 11) is 0. The van der Waals surface area contributed by atoms with Gasteiger partial charge in [0.15, 0.2) is 5.78 Å². The first-order valence-corrected chi connectivity index (χ1v) is 9.58. The van der Waals surface area contributed by atoms with E-state index in [1.54, 1.807) is 0 Å². The van der Waals surface area contributed by atoms with Gasteiger partial charge < -0.3 is 10.2 Å². The lowest BCUT2D eigenvalue weighted by Crippen LogP contribution is -2.56. The Morgan fingerprint density at radius 3 is 2.71 bits per heavy atom. The molecule has 0 bridgehead atoms. The van der Waals surface area contributed by atoms with Crippen LogP contribution in [0.4, 0.5) is 0 Å². The van der Waals surface area contributed by atoms with E-state index in [1.807, 2.05) is 6.92 Å². The van der Waals surface area contributed by atoms with Crippen molar-refractivity contribution in [1.82, 2.24) is 0 Å². The molecule has 4 aliphatic carbocycles. The van der Waals surface area contributed by atoms with Crippen molar-refractivity contribution in [2.45, 2.75) is 83.8 Å². The molecule has 7 atom stereocenters. The van der Waals surface area contributed by atoms with Crippen LogP contribution in [0.5, 0.6) is 0 Å². The lowest BCUT2D eigenvalue weighted by molar-refractivity contribution is -0.159. The fraction of sp³-hybridized carbons (Fsp3) is 0.857. The second kappa shape index (κ2) is 5.17. The molecule has 0 amide bonds. The molecule has 0 aromatic heterocycles. The van der Waals surface area contributed by atoms with Crippen LogP contribution in [-0.4, -0.2) is 27.7 Å². The smallest absolute Gasteiger partial charge is 0.161 e. The van der Waals surface area contributed by atoms with Crippen LogP contribution in [0.25, 0.3) is 0 Å². The van der Waals surface area contributed by atoms with Crippen LogP contribution in [0.3, 0.4) is 0 Å². The Morgan fingerprint density at radius 1 is 1.21 bits per heavy atom. The van der Waals surface area contributed by atoms with Crippen molar-refractivity contribution in [3.05, 3.63) is 11.6 Å². The van der Waals surface area contributed by atoms with Crippen molar-refractivity contribution in [3.8, 4) is 0 Å². The van der Waals surface area contributed by atoms with Crippen LogP contribution < -0.4 is 0 Å². The van der Waals surface area contributed by atoms with Crippen molar-refractivity contribution in [2.24, 2.45) is 28.6 Å². The Bertz CT molecular complexity index is 687. The number of Topliss-reactive ketones (excluding diaryl/α,β-unsaturated/α-hetero) is 1. The van der Waals surface area contributed by atoms with Crippen LogP contribution in [0, 0.1) is 28.6 Å². The van der Waals surface area contributed by atoms with Gasteiger partial charge in [0, 0.05) is 9.53 Å². The summed E-state index contributed by atoms with van der Waals surface area (Å²) in [5.74, 6) is 0.0889. The molecular formula is C21H32O3. The van der Waals surface area contributed by atoms with Crippen LogP contribution in [0.1, 0.15) is 76.2 Å². The van der Waals surface area contributed by atoms with Gasteiger partial charge in [-0.25, -0.2) is 0 Å². The van der Waals surface area contributed by atoms with Crippen LogP contribution in [-0.2, 0) is 4.79 Å². The maximum Gasteiger partial charge on any atom is 0.161 e. The van der Waals surface area contributed by atoms with Gasteiger partial charge in [-0.1, -0.05) is 25.5 Å². The van der Waals surface area contributed by atoms with E-state index < -0.39 is 23.7 Å².